The number of unbranched alkanes of at least 4 members (excludes halogenated alkanes) is 2. The fourth-order valence-corrected chi connectivity index (χ4v) is 4.27. The van der Waals surface area contributed by atoms with Gasteiger partial charge >= 0.3 is 0 Å². The van der Waals surface area contributed by atoms with E-state index in [0.717, 1.165) is 29.9 Å². The van der Waals surface area contributed by atoms with Crippen LogP contribution in [0.5, 0.6) is 0 Å². The predicted molar refractivity (Wildman–Crippen MR) is 127 cm³/mol. The molecular formula is C25H29N7. The molecular weight excluding hydrogens is 398 g/mol. The van der Waals surface area contributed by atoms with Crippen molar-refractivity contribution in [1.82, 2.24) is 34.3 Å². The quantitative estimate of drug-likeness (QED) is 0.345. The van der Waals surface area contributed by atoms with Crippen LogP contribution in [0, 0.1) is 0 Å². The number of aromatic amines is 1. The van der Waals surface area contributed by atoms with Crippen LogP contribution in [0.15, 0.2) is 61.3 Å². The molecule has 0 aliphatic carbocycles. The Bertz CT molecular complexity index is 1330. The number of nitrogens with zero attached hydrogens (tertiary/aromatic N) is 6. The summed E-state index contributed by atoms with van der Waals surface area (Å²) in [5.41, 5.74) is 6.53. The van der Waals surface area contributed by atoms with E-state index in [1.807, 2.05) is 33.7 Å². The lowest BCUT2D eigenvalue weighted by Crippen LogP contribution is -2.19. The third kappa shape index (κ3) is 4.29. The average Bonchev–Trinajstić information content (AvgIpc) is 3.52. The second-order valence-corrected chi connectivity index (χ2v) is 8.57. The van der Waals surface area contributed by atoms with Gasteiger partial charge in [-0.2, -0.15) is 0 Å². The van der Waals surface area contributed by atoms with Gasteiger partial charge in [0, 0.05) is 29.5 Å². The molecule has 4 aromatic heterocycles. The number of aromatic nitrogens is 6. The summed E-state index contributed by atoms with van der Waals surface area (Å²) in [4.78, 5) is 10.2. The van der Waals surface area contributed by atoms with Crippen LogP contribution in [0.4, 0.5) is 0 Å². The summed E-state index contributed by atoms with van der Waals surface area (Å²) in [5.74, 6) is 0. The molecule has 0 saturated heterocycles. The molecule has 32 heavy (non-hydrogen) atoms. The van der Waals surface area contributed by atoms with Crippen molar-refractivity contribution in [3.63, 3.8) is 0 Å². The number of imidazole rings is 1. The lowest BCUT2D eigenvalue weighted by atomic mass is 10.1. The van der Waals surface area contributed by atoms with Crippen LogP contribution >= 0.6 is 0 Å². The van der Waals surface area contributed by atoms with Gasteiger partial charge in [0.1, 0.15) is 5.69 Å². The second-order valence-electron chi connectivity index (χ2n) is 8.57. The number of H-pyrrole nitrogens is 1. The van der Waals surface area contributed by atoms with E-state index < -0.39 is 0 Å². The largest absolute Gasteiger partial charge is 0.357 e. The van der Waals surface area contributed by atoms with Crippen LogP contribution in [0.2, 0.25) is 0 Å². The molecule has 7 nitrogen and oxygen atoms in total. The third-order valence-corrected chi connectivity index (χ3v) is 5.94. The minimum absolute atomic E-state index is 0.677. The van der Waals surface area contributed by atoms with Crippen LogP contribution < -0.4 is 0 Å². The number of hydrogen-bond acceptors (Lipinski definition) is 4. The van der Waals surface area contributed by atoms with Gasteiger partial charge in [-0.05, 0) is 55.2 Å². The first-order valence-electron chi connectivity index (χ1n) is 11.3. The second kappa shape index (κ2) is 8.96. The van der Waals surface area contributed by atoms with Gasteiger partial charge in [-0.1, -0.05) is 37.1 Å². The Morgan fingerprint density at radius 3 is 2.97 bits per heavy atom. The summed E-state index contributed by atoms with van der Waals surface area (Å²) < 4.78 is 3.88. The fraction of sp³-hybridized carbons (Fsp3) is 0.320. The van der Waals surface area contributed by atoms with Crippen molar-refractivity contribution in [2.75, 3.05) is 13.6 Å². The van der Waals surface area contributed by atoms with Gasteiger partial charge < -0.3 is 14.3 Å². The molecule has 1 N–H and O–H groups in total. The molecule has 5 aromatic rings. The van der Waals surface area contributed by atoms with Crippen LogP contribution in [0.3, 0.4) is 0 Å². The highest BCUT2D eigenvalue weighted by Crippen LogP contribution is 2.23. The van der Waals surface area contributed by atoms with Gasteiger partial charge in [0.15, 0.2) is 0 Å². The lowest BCUT2D eigenvalue weighted by molar-refractivity contribution is 0.315. The summed E-state index contributed by atoms with van der Waals surface area (Å²) in [5, 5.41) is 10.0. The molecule has 0 radical (unpaired) electrons. The first-order chi connectivity index (χ1) is 15.7. The number of fused-ring (bicyclic) bond motifs is 2. The normalized spacial score (nSPS) is 11.8. The molecule has 0 unspecified atom stereocenters. The van der Waals surface area contributed by atoms with Gasteiger partial charge in [0.25, 0.3) is 0 Å². The zero-order valence-corrected chi connectivity index (χ0v) is 18.7. The molecule has 4 heterocycles. The fourth-order valence-electron chi connectivity index (χ4n) is 4.27. The van der Waals surface area contributed by atoms with Crippen molar-refractivity contribution in [2.24, 2.45) is 0 Å². The Balaban J connectivity index is 1.30. The summed E-state index contributed by atoms with van der Waals surface area (Å²) in [6.45, 7) is 5.00. The molecule has 164 valence electrons. The first kappa shape index (κ1) is 20.5. The summed E-state index contributed by atoms with van der Waals surface area (Å²) in [6.07, 6.45) is 11.4. The highest BCUT2D eigenvalue weighted by Gasteiger charge is 2.10. The van der Waals surface area contributed by atoms with E-state index in [9.17, 15) is 0 Å². The lowest BCUT2D eigenvalue weighted by Gasteiger charge is -2.15. The Labute approximate surface area is 187 Å². The van der Waals surface area contributed by atoms with E-state index >= 15 is 0 Å². The van der Waals surface area contributed by atoms with Gasteiger partial charge in [0.2, 0.25) is 0 Å². The molecule has 1 aromatic carbocycles. The highest BCUT2D eigenvalue weighted by atomic mass is 15.4. The smallest absolute Gasteiger partial charge is 0.115 e. The van der Waals surface area contributed by atoms with E-state index in [2.05, 4.69) is 69.5 Å². The van der Waals surface area contributed by atoms with E-state index in [4.69, 9.17) is 0 Å². The molecule has 0 saturated carbocycles. The Morgan fingerprint density at radius 2 is 2.06 bits per heavy atom. The average molecular weight is 428 g/mol. The van der Waals surface area contributed by atoms with Crippen LogP contribution in [-0.4, -0.2) is 47.9 Å². The summed E-state index contributed by atoms with van der Waals surface area (Å²) in [6, 6.07) is 12.9. The summed E-state index contributed by atoms with van der Waals surface area (Å²) in [7, 11) is 2.19. The zero-order valence-electron chi connectivity index (χ0n) is 18.7. The topological polar surface area (TPSA) is 67.0 Å². The number of rotatable bonds is 9. The van der Waals surface area contributed by atoms with Crippen LogP contribution in [-0.2, 0) is 13.1 Å². The minimum atomic E-state index is 0.677. The SMILES string of the molecule is CCCCCN(C)Cc1cc2ccc(Cn3cc(-c4cccn5cncc45)nn3)cc2[nH]1. The molecule has 0 bridgehead atoms. The van der Waals surface area contributed by atoms with Crippen molar-refractivity contribution in [2.45, 2.75) is 39.3 Å². The molecule has 5 rings (SSSR count). The maximum Gasteiger partial charge on any atom is 0.115 e. The highest BCUT2D eigenvalue weighted by molar-refractivity contribution is 5.81. The Kier molecular flexibility index (Phi) is 5.73. The Hall–Kier alpha value is -3.45. The molecule has 0 aliphatic heterocycles. The minimum Gasteiger partial charge on any atom is -0.357 e. The van der Waals surface area contributed by atoms with Crippen molar-refractivity contribution in [3.8, 4) is 11.3 Å². The number of benzene rings is 1. The zero-order chi connectivity index (χ0) is 21.9. The van der Waals surface area contributed by atoms with E-state index in [1.54, 1.807) is 6.33 Å². The van der Waals surface area contributed by atoms with Gasteiger partial charge in [0.05, 0.1) is 30.8 Å². The van der Waals surface area contributed by atoms with Crippen molar-refractivity contribution < 1.29 is 0 Å². The van der Waals surface area contributed by atoms with Gasteiger partial charge in [-0.25, -0.2) is 9.67 Å². The van der Waals surface area contributed by atoms with Crippen LogP contribution in [0.1, 0.15) is 37.4 Å². The maximum atomic E-state index is 4.40. The monoisotopic (exact) mass is 427 g/mol. The molecule has 0 spiro atoms. The van der Waals surface area contributed by atoms with Crippen molar-refractivity contribution in [1.29, 1.82) is 0 Å². The van der Waals surface area contributed by atoms with Gasteiger partial charge in [-0.3, -0.25) is 0 Å². The van der Waals surface area contributed by atoms with Gasteiger partial charge in [-0.15, -0.1) is 5.10 Å². The third-order valence-electron chi connectivity index (χ3n) is 5.94. The van der Waals surface area contributed by atoms with Crippen LogP contribution in [0.25, 0.3) is 27.7 Å². The molecule has 7 heteroatoms. The number of pyridine rings is 1. The predicted octanol–water partition coefficient (Wildman–Crippen LogP) is 4.74. The Morgan fingerprint density at radius 1 is 1.12 bits per heavy atom. The van der Waals surface area contributed by atoms with E-state index in [1.165, 1.54) is 41.4 Å². The summed E-state index contributed by atoms with van der Waals surface area (Å²) >= 11 is 0. The standard InChI is InChI=1S/C25H29N7/c1-3-4-5-10-30(2)16-21-13-20-9-8-19(12-23(20)27-21)15-32-17-24(28-29-32)22-7-6-11-31-18-26-14-25(22)31/h6-9,11-14,17-18,27H,3-5,10,15-16H2,1-2H3. The molecule has 0 atom stereocenters. The van der Waals surface area contributed by atoms with Crippen molar-refractivity contribution in [3.05, 3.63) is 72.6 Å². The van der Waals surface area contributed by atoms with Crippen molar-refractivity contribution >= 4 is 16.4 Å². The maximum absolute atomic E-state index is 4.40. The molecule has 0 amide bonds. The number of hydrogen-bond donors (Lipinski definition) is 1. The molecule has 0 fully saturated rings. The van der Waals surface area contributed by atoms with E-state index in [0.29, 0.717) is 6.54 Å². The molecule has 0 aliphatic rings. The number of nitrogens with one attached hydrogen (secondary N) is 1. The first-order valence-corrected chi connectivity index (χ1v) is 11.3. The van der Waals surface area contributed by atoms with E-state index in [-0.39, 0.29) is 0 Å².